The molecule has 0 radical (unpaired) electrons. The first kappa shape index (κ1) is 18.8. The molecule has 0 fully saturated rings. The van der Waals surface area contributed by atoms with Gasteiger partial charge in [-0.15, -0.1) is 0 Å². The molecule has 0 aliphatic heterocycles. The zero-order valence-electron chi connectivity index (χ0n) is 12.9. The van der Waals surface area contributed by atoms with Gasteiger partial charge in [-0.25, -0.2) is 13.2 Å². The van der Waals surface area contributed by atoms with Gasteiger partial charge in [0.25, 0.3) is 5.91 Å². The van der Waals surface area contributed by atoms with Gasteiger partial charge in [0.05, 0.1) is 11.3 Å². The van der Waals surface area contributed by atoms with E-state index in [2.05, 4.69) is 10.6 Å². The lowest BCUT2D eigenvalue weighted by Gasteiger charge is -2.08. The van der Waals surface area contributed by atoms with Crippen LogP contribution in [-0.2, 0) is 4.79 Å². The van der Waals surface area contributed by atoms with Gasteiger partial charge in [-0.1, -0.05) is 11.6 Å². The fourth-order valence-electron chi connectivity index (χ4n) is 2.02. The van der Waals surface area contributed by atoms with Gasteiger partial charge < -0.3 is 10.6 Å². The molecule has 0 spiro atoms. The smallest absolute Gasteiger partial charge is 0.254 e. The third-order valence-corrected chi connectivity index (χ3v) is 3.48. The van der Waals surface area contributed by atoms with Crippen LogP contribution in [-0.4, -0.2) is 18.4 Å². The first-order chi connectivity index (χ1) is 11.9. The van der Waals surface area contributed by atoms with E-state index >= 15 is 0 Å². The number of carbonyl (C=O) groups excluding carboxylic acids is 2. The minimum absolute atomic E-state index is 0.00631. The highest BCUT2D eigenvalue weighted by Gasteiger charge is 2.12. The van der Waals surface area contributed by atoms with E-state index in [-0.39, 0.29) is 35.7 Å². The number of amides is 2. The van der Waals surface area contributed by atoms with Gasteiger partial charge in [0.2, 0.25) is 5.91 Å². The monoisotopic (exact) mass is 370 g/mol. The molecule has 0 unspecified atom stereocenters. The maximum Gasteiger partial charge on any atom is 0.254 e. The van der Waals surface area contributed by atoms with E-state index in [0.717, 1.165) is 18.2 Å². The Kier molecular flexibility index (Phi) is 6.41. The number of halogens is 4. The van der Waals surface area contributed by atoms with Crippen LogP contribution >= 0.6 is 11.6 Å². The molecule has 132 valence electrons. The summed E-state index contributed by atoms with van der Waals surface area (Å²) in [6.07, 6.45) is 0.282. The van der Waals surface area contributed by atoms with Gasteiger partial charge >= 0.3 is 0 Å². The predicted octanol–water partition coefficient (Wildman–Crippen LogP) is 3.91. The van der Waals surface area contributed by atoms with E-state index in [1.165, 1.54) is 12.1 Å². The van der Waals surface area contributed by atoms with Crippen molar-refractivity contribution in [1.82, 2.24) is 5.32 Å². The van der Waals surface area contributed by atoms with E-state index in [9.17, 15) is 22.8 Å². The average Bonchev–Trinajstić information content (AvgIpc) is 2.54. The van der Waals surface area contributed by atoms with Crippen molar-refractivity contribution in [2.24, 2.45) is 0 Å². The normalized spacial score (nSPS) is 10.4. The zero-order valence-corrected chi connectivity index (χ0v) is 13.7. The molecular weight excluding hydrogens is 357 g/mol. The summed E-state index contributed by atoms with van der Waals surface area (Å²) in [6, 6.07) is 6.49. The molecule has 0 saturated carbocycles. The molecule has 2 rings (SSSR count). The lowest BCUT2D eigenvalue weighted by molar-refractivity contribution is -0.116. The molecule has 0 aliphatic carbocycles. The molecule has 0 aliphatic rings. The Morgan fingerprint density at radius 3 is 2.44 bits per heavy atom. The van der Waals surface area contributed by atoms with E-state index < -0.39 is 29.3 Å². The maximum absolute atomic E-state index is 13.5. The Balaban J connectivity index is 1.76. The fraction of sp³-hybridized carbons (Fsp3) is 0.176. The molecule has 0 saturated heterocycles. The summed E-state index contributed by atoms with van der Waals surface area (Å²) >= 11 is 5.62. The topological polar surface area (TPSA) is 58.2 Å². The Bertz CT molecular complexity index is 799. The quantitative estimate of drug-likeness (QED) is 0.757. The molecule has 8 heteroatoms. The van der Waals surface area contributed by atoms with Crippen molar-refractivity contribution in [3.8, 4) is 0 Å². The van der Waals surface area contributed by atoms with Gasteiger partial charge in [0, 0.05) is 24.1 Å². The Morgan fingerprint density at radius 1 is 1.00 bits per heavy atom. The van der Waals surface area contributed by atoms with Crippen molar-refractivity contribution in [2.75, 3.05) is 11.9 Å². The van der Waals surface area contributed by atoms with Crippen molar-refractivity contribution in [1.29, 1.82) is 0 Å². The Hall–Kier alpha value is -2.54. The van der Waals surface area contributed by atoms with Crippen molar-refractivity contribution >= 4 is 29.1 Å². The molecule has 0 aromatic heterocycles. The number of rotatable bonds is 6. The van der Waals surface area contributed by atoms with Gasteiger partial charge in [0.1, 0.15) is 17.5 Å². The minimum Gasteiger partial charge on any atom is -0.352 e. The van der Waals surface area contributed by atoms with Crippen LogP contribution in [0.5, 0.6) is 0 Å². The second-order valence-electron chi connectivity index (χ2n) is 5.16. The lowest BCUT2D eigenvalue weighted by Crippen LogP contribution is -2.26. The Labute approximate surface area is 147 Å². The average molecular weight is 371 g/mol. The summed E-state index contributed by atoms with van der Waals surface area (Å²) < 4.78 is 39.8. The van der Waals surface area contributed by atoms with Crippen LogP contribution in [0.1, 0.15) is 23.2 Å². The van der Waals surface area contributed by atoms with E-state index in [4.69, 9.17) is 11.6 Å². The van der Waals surface area contributed by atoms with Crippen molar-refractivity contribution < 1.29 is 22.8 Å². The number of hydrogen-bond donors (Lipinski definition) is 2. The molecule has 2 N–H and O–H groups in total. The highest BCUT2D eigenvalue weighted by Crippen LogP contribution is 2.19. The Morgan fingerprint density at radius 2 is 1.76 bits per heavy atom. The largest absolute Gasteiger partial charge is 0.352 e. The van der Waals surface area contributed by atoms with Crippen LogP contribution in [0.2, 0.25) is 5.02 Å². The molecule has 0 heterocycles. The zero-order chi connectivity index (χ0) is 18.4. The molecule has 2 amide bonds. The van der Waals surface area contributed by atoms with Crippen molar-refractivity contribution in [2.45, 2.75) is 12.8 Å². The van der Waals surface area contributed by atoms with Crippen LogP contribution in [0, 0.1) is 17.5 Å². The van der Waals surface area contributed by atoms with E-state index in [0.29, 0.717) is 6.07 Å². The molecule has 2 aromatic rings. The fourth-order valence-corrected chi connectivity index (χ4v) is 2.18. The van der Waals surface area contributed by atoms with Crippen LogP contribution in [0.3, 0.4) is 0 Å². The van der Waals surface area contributed by atoms with Crippen molar-refractivity contribution in [3.63, 3.8) is 0 Å². The molecular formula is C17H14ClF3N2O2. The number of hydrogen-bond acceptors (Lipinski definition) is 2. The standard InChI is InChI=1S/C17H14ClF3N2O2/c18-10-3-6-15(14(21)8-10)23-16(24)2-1-7-22-17(25)12-5-4-11(19)9-13(12)20/h3-6,8-9H,1-2,7H2,(H,22,25)(H,23,24). The molecule has 25 heavy (non-hydrogen) atoms. The number of nitrogens with one attached hydrogen (secondary N) is 2. The number of anilines is 1. The summed E-state index contributed by atoms with van der Waals surface area (Å²) in [6.45, 7) is 0.103. The number of carbonyl (C=O) groups is 2. The molecule has 2 aromatic carbocycles. The van der Waals surface area contributed by atoms with Gasteiger partial charge in [-0.2, -0.15) is 0 Å². The highest BCUT2D eigenvalue weighted by molar-refractivity contribution is 6.30. The summed E-state index contributed by atoms with van der Waals surface area (Å²) in [7, 11) is 0. The van der Waals surface area contributed by atoms with Gasteiger partial charge in [-0.05, 0) is 36.8 Å². The van der Waals surface area contributed by atoms with Crippen LogP contribution < -0.4 is 10.6 Å². The van der Waals surface area contributed by atoms with E-state index in [1.54, 1.807) is 0 Å². The molecule has 0 atom stereocenters. The SMILES string of the molecule is O=C(CCCNC(=O)c1ccc(F)cc1F)Nc1ccc(Cl)cc1F. The van der Waals surface area contributed by atoms with Gasteiger partial charge in [-0.3, -0.25) is 9.59 Å². The first-order valence-electron chi connectivity index (χ1n) is 7.35. The summed E-state index contributed by atoms with van der Waals surface area (Å²) in [5, 5.41) is 5.02. The molecule has 0 bridgehead atoms. The maximum atomic E-state index is 13.5. The summed E-state index contributed by atoms with van der Waals surface area (Å²) in [4.78, 5) is 23.5. The lowest BCUT2D eigenvalue weighted by atomic mass is 10.2. The minimum atomic E-state index is -0.964. The third-order valence-electron chi connectivity index (χ3n) is 3.25. The van der Waals surface area contributed by atoms with Gasteiger partial charge in [0.15, 0.2) is 0 Å². The summed E-state index contributed by atoms with van der Waals surface area (Å²) in [5.74, 6) is -3.54. The summed E-state index contributed by atoms with van der Waals surface area (Å²) in [5.41, 5.74) is -0.277. The number of benzene rings is 2. The van der Waals surface area contributed by atoms with Crippen LogP contribution in [0.15, 0.2) is 36.4 Å². The van der Waals surface area contributed by atoms with E-state index in [1.807, 2.05) is 0 Å². The van der Waals surface area contributed by atoms with Crippen molar-refractivity contribution in [3.05, 3.63) is 64.4 Å². The first-order valence-corrected chi connectivity index (χ1v) is 7.73. The molecule has 4 nitrogen and oxygen atoms in total. The second kappa shape index (κ2) is 8.53. The third kappa shape index (κ3) is 5.49. The van der Waals surface area contributed by atoms with Crippen LogP contribution in [0.4, 0.5) is 18.9 Å². The highest BCUT2D eigenvalue weighted by atomic mass is 35.5. The van der Waals surface area contributed by atoms with Crippen LogP contribution in [0.25, 0.3) is 0 Å². The second-order valence-corrected chi connectivity index (χ2v) is 5.59. The predicted molar refractivity (Wildman–Crippen MR) is 88.0 cm³/mol.